The lowest BCUT2D eigenvalue weighted by Crippen LogP contribution is -2.08. The monoisotopic (exact) mass is 651 g/mol. The van der Waals surface area contributed by atoms with Crippen LogP contribution in [0, 0.1) is 34.0 Å². The lowest BCUT2D eigenvalue weighted by atomic mass is 9.92. The van der Waals surface area contributed by atoms with Gasteiger partial charge in [-0.05, 0) is 83.8 Å². The van der Waals surface area contributed by atoms with Gasteiger partial charge in [0.1, 0.15) is 6.07 Å². The third-order valence-electron chi connectivity index (χ3n) is 10.2. The summed E-state index contributed by atoms with van der Waals surface area (Å²) in [5.74, 6) is 0.296. The van der Waals surface area contributed by atoms with Crippen molar-refractivity contribution in [3.63, 3.8) is 0 Å². The van der Waals surface area contributed by atoms with E-state index in [9.17, 15) is 15.8 Å². The Morgan fingerprint density at radius 3 is 2.06 bits per heavy atom. The Balaban J connectivity index is 1.25. The fourth-order valence-electron chi connectivity index (χ4n) is 7.98. The molecule has 0 saturated heterocycles. The lowest BCUT2D eigenvalue weighted by Gasteiger charge is -2.21. The van der Waals surface area contributed by atoms with Crippen LogP contribution in [0.15, 0.2) is 133 Å². The third kappa shape index (κ3) is 4.59. The van der Waals surface area contributed by atoms with Crippen molar-refractivity contribution < 1.29 is 0 Å². The minimum Gasteiger partial charge on any atom is -0.311 e. The molecule has 2 aromatic heterocycles. The number of fused-ring (bicyclic) bond motifs is 6. The largest absolute Gasteiger partial charge is 0.311 e. The van der Waals surface area contributed by atoms with Gasteiger partial charge in [-0.25, -0.2) is 0 Å². The molecule has 9 rings (SSSR count). The van der Waals surface area contributed by atoms with E-state index in [2.05, 4.69) is 113 Å². The minimum atomic E-state index is 0.296. The summed E-state index contributed by atoms with van der Waals surface area (Å²) in [4.78, 5) is 0. The third-order valence-corrected chi connectivity index (χ3v) is 10.2. The zero-order valence-corrected chi connectivity index (χ0v) is 27.8. The average molecular weight is 652 g/mol. The van der Waals surface area contributed by atoms with Gasteiger partial charge in [0, 0.05) is 38.9 Å². The molecule has 5 heteroatoms. The van der Waals surface area contributed by atoms with Crippen LogP contribution in [-0.4, -0.2) is 9.13 Å². The molecule has 238 valence electrons. The van der Waals surface area contributed by atoms with Crippen molar-refractivity contribution in [3.05, 3.63) is 161 Å². The molecular weight excluding hydrogens is 623 g/mol. The normalized spacial score (nSPS) is 13.6. The summed E-state index contributed by atoms with van der Waals surface area (Å²) in [5, 5.41) is 33.7. The van der Waals surface area contributed by atoms with Crippen molar-refractivity contribution >= 4 is 38.8 Å². The number of hydrogen-bond donors (Lipinski definition) is 0. The number of nitriles is 3. The molecule has 0 bridgehead atoms. The number of rotatable bonds is 4. The Labute approximate surface area is 295 Å². The van der Waals surface area contributed by atoms with Crippen LogP contribution in [0.1, 0.15) is 47.2 Å². The van der Waals surface area contributed by atoms with Crippen molar-refractivity contribution in [3.8, 4) is 51.8 Å². The molecule has 0 N–H and O–H groups in total. The van der Waals surface area contributed by atoms with Crippen LogP contribution < -0.4 is 0 Å². The molecule has 0 fully saturated rings. The van der Waals surface area contributed by atoms with E-state index in [0.29, 0.717) is 22.6 Å². The highest BCUT2D eigenvalue weighted by Crippen LogP contribution is 2.42. The minimum absolute atomic E-state index is 0.296. The van der Waals surface area contributed by atoms with E-state index in [1.807, 2.05) is 60.7 Å². The van der Waals surface area contributed by atoms with Crippen molar-refractivity contribution in [2.24, 2.45) is 0 Å². The smallest absolute Gasteiger partial charge is 0.101 e. The first kappa shape index (κ1) is 30.0. The maximum absolute atomic E-state index is 10.5. The van der Waals surface area contributed by atoms with Gasteiger partial charge < -0.3 is 9.13 Å². The second-order valence-corrected chi connectivity index (χ2v) is 13.1. The molecule has 0 aliphatic heterocycles. The Bertz CT molecular complexity index is 2900. The molecule has 0 amide bonds. The van der Waals surface area contributed by atoms with Crippen molar-refractivity contribution in [1.82, 2.24) is 9.13 Å². The van der Waals surface area contributed by atoms with Gasteiger partial charge >= 0.3 is 0 Å². The van der Waals surface area contributed by atoms with E-state index in [-0.39, 0.29) is 0 Å². The summed E-state index contributed by atoms with van der Waals surface area (Å²) in [6.07, 6.45) is 5.41. The number of aromatic nitrogens is 2. The second-order valence-electron chi connectivity index (χ2n) is 13.1. The highest BCUT2D eigenvalue weighted by Gasteiger charge is 2.25. The lowest BCUT2D eigenvalue weighted by molar-refractivity contribution is 0.723. The Morgan fingerprint density at radius 1 is 0.549 bits per heavy atom. The first-order chi connectivity index (χ1) is 25.1. The average Bonchev–Trinajstić information content (AvgIpc) is 3.70. The SMILES string of the molecule is CC1CC=Cc2c1n(-c1cc(-c3cccc(-c4c(C#N)cccc4-n4c5ccccc5c5cc(C#N)ccc54)c3)ccc1C#N)c1ccccc21. The number of benzene rings is 6. The quantitative estimate of drug-likeness (QED) is 0.190. The molecule has 1 aliphatic rings. The number of para-hydroxylation sites is 2. The summed E-state index contributed by atoms with van der Waals surface area (Å²) in [5.41, 5.74) is 12.7. The van der Waals surface area contributed by atoms with Crippen LogP contribution in [0.2, 0.25) is 0 Å². The topological polar surface area (TPSA) is 81.2 Å². The summed E-state index contributed by atoms with van der Waals surface area (Å²) in [6, 6.07) is 49.8. The van der Waals surface area contributed by atoms with E-state index >= 15 is 0 Å². The molecule has 2 heterocycles. The fraction of sp³-hybridized carbons (Fsp3) is 0.0652. The summed E-state index contributed by atoms with van der Waals surface area (Å²) in [6.45, 7) is 2.25. The van der Waals surface area contributed by atoms with Crippen LogP contribution in [-0.2, 0) is 0 Å². The standard InChI is InChI=1S/C46H29N5/c1-29-9-6-15-38-36-13-2-5-17-41(36)51(46(29)38)44-25-32(20-21-34(44)27-48)31-10-7-11-33(24-31)45-35(28-49)12-8-18-43(45)50-40-16-4-3-14-37(40)39-23-30(26-47)19-22-42(39)50/h2-8,10-25,29H,9H2,1H3. The molecule has 0 saturated carbocycles. The van der Waals surface area contributed by atoms with Crippen molar-refractivity contribution in [2.45, 2.75) is 19.3 Å². The summed E-state index contributed by atoms with van der Waals surface area (Å²) in [7, 11) is 0. The Hall–Kier alpha value is -7.13. The van der Waals surface area contributed by atoms with Gasteiger partial charge in [-0.3, -0.25) is 0 Å². The molecule has 0 spiro atoms. The predicted molar refractivity (Wildman–Crippen MR) is 205 cm³/mol. The summed E-state index contributed by atoms with van der Waals surface area (Å²) >= 11 is 0. The predicted octanol–water partition coefficient (Wildman–Crippen LogP) is 11.2. The van der Waals surface area contributed by atoms with E-state index in [1.54, 1.807) is 0 Å². The number of allylic oxidation sites excluding steroid dienone is 1. The van der Waals surface area contributed by atoms with E-state index in [0.717, 1.165) is 67.4 Å². The van der Waals surface area contributed by atoms with Crippen LogP contribution in [0.25, 0.3) is 72.4 Å². The summed E-state index contributed by atoms with van der Waals surface area (Å²) < 4.78 is 4.48. The van der Waals surface area contributed by atoms with Crippen molar-refractivity contribution in [1.29, 1.82) is 15.8 Å². The number of nitrogens with zero attached hydrogens (tertiary/aromatic N) is 5. The molecule has 0 radical (unpaired) electrons. The van der Waals surface area contributed by atoms with E-state index in [4.69, 9.17) is 0 Å². The molecule has 1 atom stereocenters. The first-order valence-electron chi connectivity index (χ1n) is 17.0. The van der Waals surface area contributed by atoms with Gasteiger partial charge in [-0.2, -0.15) is 15.8 Å². The van der Waals surface area contributed by atoms with Crippen LogP contribution >= 0.6 is 0 Å². The zero-order chi connectivity index (χ0) is 34.6. The fourth-order valence-corrected chi connectivity index (χ4v) is 7.98. The van der Waals surface area contributed by atoms with Gasteiger partial charge in [0.05, 0.1) is 56.8 Å². The van der Waals surface area contributed by atoms with Crippen molar-refractivity contribution in [2.75, 3.05) is 0 Å². The zero-order valence-electron chi connectivity index (χ0n) is 27.8. The Kier molecular flexibility index (Phi) is 6.92. The van der Waals surface area contributed by atoms with Crippen LogP contribution in [0.4, 0.5) is 0 Å². The maximum Gasteiger partial charge on any atom is 0.101 e. The highest BCUT2D eigenvalue weighted by molar-refractivity contribution is 6.10. The van der Waals surface area contributed by atoms with Gasteiger partial charge in [0.15, 0.2) is 0 Å². The molecule has 5 nitrogen and oxygen atoms in total. The molecule has 51 heavy (non-hydrogen) atoms. The van der Waals surface area contributed by atoms with Gasteiger partial charge in [0.25, 0.3) is 0 Å². The van der Waals surface area contributed by atoms with Gasteiger partial charge in [-0.1, -0.05) is 85.8 Å². The van der Waals surface area contributed by atoms with E-state index in [1.165, 1.54) is 16.6 Å². The second kappa shape index (κ2) is 11.8. The van der Waals surface area contributed by atoms with Gasteiger partial charge in [-0.15, -0.1) is 0 Å². The maximum atomic E-state index is 10.5. The van der Waals surface area contributed by atoms with Crippen LogP contribution in [0.5, 0.6) is 0 Å². The number of hydrogen-bond acceptors (Lipinski definition) is 3. The Morgan fingerprint density at radius 2 is 1.25 bits per heavy atom. The van der Waals surface area contributed by atoms with Crippen LogP contribution in [0.3, 0.4) is 0 Å². The highest BCUT2D eigenvalue weighted by atomic mass is 15.0. The molecule has 8 aromatic rings. The van der Waals surface area contributed by atoms with Gasteiger partial charge in [0.2, 0.25) is 0 Å². The molecular formula is C46H29N5. The molecule has 1 aliphatic carbocycles. The first-order valence-corrected chi connectivity index (χ1v) is 17.0. The van der Waals surface area contributed by atoms with E-state index < -0.39 is 0 Å². The molecule has 6 aromatic carbocycles. The molecule has 1 unspecified atom stereocenters.